The van der Waals surface area contributed by atoms with Crippen LogP contribution in [0.25, 0.3) is 0 Å². The Labute approximate surface area is 198 Å². The molecular formula is C23H27Cl2N3O4. The number of hydrogen-bond acceptors (Lipinski definition) is 5. The Morgan fingerprint density at radius 1 is 1.22 bits per heavy atom. The number of nitrogens with zero attached hydrogens (tertiary/aromatic N) is 2. The Bertz CT molecular complexity index is 984. The van der Waals surface area contributed by atoms with E-state index in [2.05, 4.69) is 5.32 Å². The summed E-state index contributed by atoms with van der Waals surface area (Å²) in [6.07, 6.45) is 0.232. The molecule has 0 radical (unpaired) electrons. The Hall–Kier alpha value is -2.48. The lowest BCUT2D eigenvalue weighted by Gasteiger charge is -2.34. The maximum atomic E-state index is 12.5. The topological polar surface area (TPSA) is 71.1 Å². The molecule has 0 aliphatic carbocycles. The van der Waals surface area contributed by atoms with Crippen LogP contribution in [0.1, 0.15) is 19.8 Å². The van der Waals surface area contributed by atoms with E-state index in [1.165, 1.54) is 0 Å². The first kappa shape index (κ1) is 24.2. The van der Waals surface area contributed by atoms with E-state index in [9.17, 15) is 9.59 Å². The number of hydrogen-bond donors (Lipinski definition) is 1. The molecule has 7 nitrogen and oxygen atoms in total. The van der Waals surface area contributed by atoms with Crippen LogP contribution >= 0.6 is 23.2 Å². The summed E-state index contributed by atoms with van der Waals surface area (Å²) in [6, 6.07) is 10.3. The van der Waals surface area contributed by atoms with E-state index in [0.717, 1.165) is 6.54 Å². The zero-order chi connectivity index (χ0) is 23.3. The van der Waals surface area contributed by atoms with Gasteiger partial charge in [0.25, 0.3) is 5.91 Å². The Kier molecular flexibility index (Phi) is 8.23. The predicted molar refractivity (Wildman–Crippen MR) is 127 cm³/mol. The van der Waals surface area contributed by atoms with Crippen LogP contribution in [0.4, 0.5) is 11.4 Å². The number of fused-ring (bicyclic) bond motifs is 1. The van der Waals surface area contributed by atoms with Gasteiger partial charge in [0.05, 0.1) is 17.3 Å². The molecule has 9 heteroatoms. The van der Waals surface area contributed by atoms with Crippen molar-refractivity contribution in [1.82, 2.24) is 4.90 Å². The molecule has 3 rings (SSSR count). The summed E-state index contributed by atoms with van der Waals surface area (Å²) in [5.74, 6) is 0.900. The van der Waals surface area contributed by atoms with E-state index < -0.39 is 6.10 Å². The van der Waals surface area contributed by atoms with Gasteiger partial charge in [-0.1, -0.05) is 23.2 Å². The molecule has 1 atom stereocenters. The van der Waals surface area contributed by atoms with Crippen molar-refractivity contribution in [1.29, 1.82) is 0 Å². The molecule has 0 aromatic heterocycles. The van der Waals surface area contributed by atoms with Crippen LogP contribution in [0, 0.1) is 0 Å². The van der Waals surface area contributed by atoms with Crippen LogP contribution in [0.15, 0.2) is 36.4 Å². The number of rotatable bonds is 9. The third-order valence-electron chi connectivity index (χ3n) is 4.92. The van der Waals surface area contributed by atoms with Crippen molar-refractivity contribution >= 4 is 46.4 Å². The first-order valence-corrected chi connectivity index (χ1v) is 11.1. The lowest BCUT2D eigenvalue weighted by atomic mass is 10.1. The second-order valence-corrected chi connectivity index (χ2v) is 8.65. The normalized spacial score (nSPS) is 15.4. The second-order valence-electron chi connectivity index (χ2n) is 7.81. The lowest BCUT2D eigenvalue weighted by molar-refractivity contribution is -0.125. The second kappa shape index (κ2) is 10.9. The molecule has 1 aliphatic rings. The largest absolute Gasteiger partial charge is 0.492 e. The molecular weight excluding hydrogens is 453 g/mol. The highest BCUT2D eigenvalue weighted by Gasteiger charge is 2.31. The number of anilines is 2. The van der Waals surface area contributed by atoms with E-state index in [0.29, 0.717) is 52.5 Å². The van der Waals surface area contributed by atoms with Gasteiger partial charge in [-0.15, -0.1) is 0 Å². The molecule has 1 heterocycles. The number of nitrogens with one attached hydrogen (secondary N) is 1. The van der Waals surface area contributed by atoms with Gasteiger partial charge in [0, 0.05) is 36.3 Å². The molecule has 1 unspecified atom stereocenters. The summed E-state index contributed by atoms with van der Waals surface area (Å²) in [5, 5.41) is 3.84. The van der Waals surface area contributed by atoms with E-state index >= 15 is 0 Å². The minimum Gasteiger partial charge on any atom is -0.492 e. The number of likely N-dealkylation sites (N-methyl/N-ethyl adjacent to an activating group) is 1. The summed E-state index contributed by atoms with van der Waals surface area (Å²) in [5.41, 5.74) is 1.32. The van der Waals surface area contributed by atoms with Gasteiger partial charge < -0.3 is 24.6 Å². The molecule has 1 N–H and O–H groups in total. The number of benzene rings is 2. The third-order valence-corrected chi connectivity index (χ3v) is 5.45. The molecule has 2 aromatic rings. The molecule has 0 bridgehead atoms. The van der Waals surface area contributed by atoms with Crippen molar-refractivity contribution in [3.63, 3.8) is 0 Å². The van der Waals surface area contributed by atoms with E-state index in [1.54, 1.807) is 48.2 Å². The zero-order valence-corrected chi connectivity index (χ0v) is 19.9. The Morgan fingerprint density at radius 2 is 2.00 bits per heavy atom. The molecule has 1 aliphatic heterocycles. The van der Waals surface area contributed by atoms with Crippen molar-refractivity contribution in [3.05, 3.63) is 46.4 Å². The van der Waals surface area contributed by atoms with E-state index in [-0.39, 0.29) is 18.2 Å². The summed E-state index contributed by atoms with van der Waals surface area (Å²) in [4.78, 5) is 28.6. The van der Waals surface area contributed by atoms with Gasteiger partial charge >= 0.3 is 0 Å². The van der Waals surface area contributed by atoms with Crippen LogP contribution in [0.5, 0.6) is 11.5 Å². The third kappa shape index (κ3) is 6.28. The van der Waals surface area contributed by atoms with Crippen molar-refractivity contribution in [3.8, 4) is 11.5 Å². The highest BCUT2D eigenvalue weighted by atomic mass is 35.5. The van der Waals surface area contributed by atoms with Crippen LogP contribution in [-0.2, 0) is 9.59 Å². The van der Waals surface area contributed by atoms with Crippen LogP contribution in [0.3, 0.4) is 0 Å². The first-order chi connectivity index (χ1) is 15.2. The smallest absolute Gasteiger partial charge is 0.267 e. The number of amides is 2. The SMILES string of the molecule is CC1Oc2cc(NC(=O)CCCOc3ccc(Cl)cc3Cl)ccc2N(CCN(C)C)C1=O. The zero-order valence-electron chi connectivity index (χ0n) is 18.4. The van der Waals surface area contributed by atoms with E-state index in [1.807, 2.05) is 19.0 Å². The maximum absolute atomic E-state index is 12.5. The van der Waals surface area contributed by atoms with Gasteiger partial charge in [-0.3, -0.25) is 9.59 Å². The van der Waals surface area contributed by atoms with Gasteiger partial charge in [0.15, 0.2) is 6.10 Å². The predicted octanol–water partition coefficient (Wildman–Crippen LogP) is 4.47. The maximum Gasteiger partial charge on any atom is 0.267 e. The van der Waals surface area contributed by atoms with E-state index in [4.69, 9.17) is 32.7 Å². The quantitative estimate of drug-likeness (QED) is 0.537. The van der Waals surface area contributed by atoms with Gasteiger partial charge in [0.2, 0.25) is 5.91 Å². The molecule has 0 spiro atoms. The highest BCUT2D eigenvalue weighted by Crippen LogP contribution is 2.36. The fourth-order valence-electron chi connectivity index (χ4n) is 3.25. The van der Waals surface area contributed by atoms with Crippen LogP contribution in [-0.4, -0.2) is 56.6 Å². The standard InChI is InChI=1S/C23H27Cl2N3O4/c1-15-23(30)28(11-10-27(2)3)19-8-7-17(14-21(19)32-15)26-22(29)5-4-12-31-20-9-6-16(24)13-18(20)25/h6-9,13-15H,4-5,10-12H2,1-3H3,(H,26,29). The number of carbonyl (C=O) groups is 2. The summed E-state index contributed by atoms with van der Waals surface area (Å²) < 4.78 is 11.4. The molecule has 2 amide bonds. The fraction of sp³-hybridized carbons (Fsp3) is 0.391. The molecule has 0 fully saturated rings. The first-order valence-electron chi connectivity index (χ1n) is 10.4. The summed E-state index contributed by atoms with van der Waals surface area (Å²) in [6.45, 7) is 3.38. The van der Waals surface area contributed by atoms with Crippen molar-refractivity contribution in [2.45, 2.75) is 25.9 Å². The van der Waals surface area contributed by atoms with Gasteiger partial charge in [-0.25, -0.2) is 0 Å². The number of halogens is 2. The van der Waals surface area contributed by atoms with Crippen molar-refractivity contribution < 1.29 is 19.1 Å². The molecule has 0 saturated carbocycles. The Morgan fingerprint density at radius 3 is 2.72 bits per heavy atom. The van der Waals surface area contributed by atoms with Gasteiger partial charge in [-0.2, -0.15) is 0 Å². The lowest BCUT2D eigenvalue weighted by Crippen LogP contribution is -2.46. The Balaban J connectivity index is 1.54. The summed E-state index contributed by atoms with van der Waals surface area (Å²) in [7, 11) is 3.92. The minimum atomic E-state index is -0.576. The molecule has 32 heavy (non-hydrogen) atoms. The average Bonchev–Trinajstić information content (AvgIpc) is 2.72. The highest BCUT2D eigenvalue weighted by molar-refractivity contribution is 6.35. The molecule has 2 aromatic carbocycles. The average molecular weight is 480 g/mol. The van der Waals surface area contributed by atoms with Crippen LogP contribution in [0.2, 0.25) is 10.0 Å². The fourth-order valence-corrected chi connectivity index (χ4v) is 3.71. The number of carbonyl (C=O) groups excluding carboxylic acids is 2. The molecule has 172 valence electrons. The van der Waals surface area contributed by atoms with Gasteiger partial charge in [-0.05, 0) is 57.8 Å². The summed E-state index contributed by atoms with van der Waals surface area (Å²) >= 11 is 11.9. The minimum absolute atomic E-state index is 0.0723. The molecule has 0 saturated heterocycles. The monoisotopic (exact) mass is 479 g/mol. The van der Waals surface area contributed by atoms with Crippen molar-refractivity contribution in [2.75, 3.05) is 44.0 Å². The van der Waals surface area contributed by atoms with Crippen molar-refractivity contribution in [2.24, 2.45) is 0 Å². The van der Waals surface area contributed by atoms with Gasteiger partial charge in [0.1, 0.15) is 11.5 Å². The number of ether oxygens (including phenoxy) is 2. The van der Waals surface area contributed by atoms with Crippen LogP contribution < -0.4 is 19.7 Å².